The van der Waals surface area contributed by atoms with E-state index < -0.39 is 5.97 Å². The number of carbonyl (C=O) groups excluding carboxylic acids is 1. The maximum absolute atomic E-state index is 12.3. The first-order valence-electron chi connectivity index (χ1n) is 7.18. The van der Waals surface area contributed by atoms with Crippen LogP contribution in [0.25, 0.3) is 0 Å². The lowest BCUT2D eigenvalue weighted by Gasteiger charge is -2.20. The number of carboxylic acid groups (broad SMARTS) is 1. The van der Waals surface area contributed by atoms with Crippen LogP contribution in [0.15, 0.2) is 24.3 Å². The number of amides is 1. The third-order valence-corrected chi connectivity index (χ3v) is 2.95. The predicted molar refractivity (Wildman–Crippen MR) is 80.6 cm³/mol. The first-order chi connectivity index (χ1) is 9.93. The summed E-state index contributed by atoms with van der Waals surface area (Å²) in [6, 6.07) is 6.95. The molecule has 1 amide bonds. The van der Waals surface area contributed by atoms with Crippen molar-refractivity contribution in [1.29, 1.82) is 0 Å². The average Bonchev–Trinajstić information content (AvgIpc) is 2.45. The molecular weight excluding hydrogens is 270 g/mol. The lowest BCUT2D eigenvalue weighted by molar-refractivity contribution is -0.137. The smallest absolute Gasteiger partial charge is 0.305 e. The van der Waals surface area contributed by atoms with E-state index in [0.29, 0.717) is 24.6 Å². The molecule has 0 aliphatic heterocycles. The van der Waals surface area contributed by atoms with Gasteiger partial charge in [0.15, 0.2) is 0 Å². The zero-order chi connectivity index (χ0) is 15.8. The van der Waals surface area contributed by atoms with E-state index >= 15 is 0 Å². The molecule has 21 heavy (non-hydrogen) atoms. The quantitative estimate of drug-likeness (QED) is 0.800. The van der Waals surface area contributed by atoms with Gasteiger partial charge >= 0.3 is 5.97 Å². The molecule has 0 saturated carbocycles. The molecule has 0 aliphatic carbocycles. The number of hydrogen-bond donors (Lipinski definition) is 1. The van der Waals surface area contributed by atoms with Gasteiger partial charge in [-0.3, -0.25) is 9.59 Å². The van der Waals surface area contributed by atoms with Crippen LogP contribution in [-0.4, -0.2) is 41.6 Å². The molecule has 116 valence electrons. The summed E-state index contributed by atoms with van der Waals surface area (Å²) in [6.07, 6.45) is -0.0465. The predicted octanol–water partition coefficient (Wildman–Crippen LogP) is 2.66. The van der Waals surface area contributed by atoms with E-state index in [9.17, 15) is 9.59 Å². The maximum Gasteiger partial charge on any atom is 0.305 e. The van der Waals surface area contributed by atoms with E-state index in [4.69, 9.17) is 9.84 Å². The Morgan fingerprint density at radius 1 is 1.24 bits per heavy atom. The standard InChI is InChI=1S/C16H23NO4/c1-4-17(10-9-15(18)19)16(20)13-5-7-14(8-6-13)21-11-12(2)3/h5-8,12H,4,9-11H2,1-3H3,(H,18,19). The Kier molecular flexibility index (Phi) is 6.72. The van der Waals surface area contributed by atoms with Crippen LogP contribution in [0.5, 0.6) is 5.75 Å². The third-order valence-electron chi connectivity index (χ3n) is 2.95. The normalized spacial score (nSPS) is 10.5. The Labute approximate surface area is 125 Å². The molecule has 1 aromatic rings. The van der Waals surface area contributed by atoms with Crippen molar-refractivity contribution in [2.24, 2.45) is 5.92 Å². The topological polar surface area (TPSA) is 66.8 Å². The molecule has 0 spiro atoms. The first-order valence-corrected chi connectivity index (χ1v) is 7.18. The minimum Gasteiger partial charge on any atom is -0.493 e. The number of carboxylic acids is 1. The molecule has 0 atom stereocenters. The zero-order valence-electron chi connectivity index (χ0n) is 12.8. The zero-order valence-corrected chi connectivity index (χ0v) is 12.8. The summed E-state index contributed by atoms with van der Waals surface area (Å²) in [7, 11) is 0. The highest BCUT2D eigenvalue weighted by Crippen LogP contribution is 2.15. The van der Waals surface area contributed by atoms with Gasteiger partial charge in [0.1, 0.15) is 5.75 Å². The van der Waals surface area contributed by atoms with Crippen LogP contribution in [0.2, 0.25) is 0 Å². The number of aliphatic carboxylic acids is 1. The first kappa shape index (κ1) is 17.0. The van der Waals surface area contributed by atoms with Crippen LogP contribution < -0.4 is 4.74 Å². The highest BCUT2D eigenvalue weighted by atomic mass is 16.5. The van der Waals surface area contributed by atoms with Crippen molar-refractivity contribution in [3.05, 3.63) is 29.8 Å². The van der Waals surface area contributed by atoms with Crippen LogP contribution >= 0.6 is 0 Å². The minimum absolute atomic E-state index is 0.0465. The van der Waals surface area contributed by atoms with Gasteiger partial charge < -0.3 is 14.7 Å². The summed E-state index contributed by atoms with van der Waals surface area (Å²) < 4.78 is 5.57. The van der Waals surface area contributed by atoms with Crippen molar-refractivity contribution in [1.82, 2.24) is 4.90 Å². The van der Waals surface area contributed by atoms with Gasteiger partial charge in [0.2, 0.25) is 0 Å². The molecule has 0 heterocycles. The van der Waals surface area contributed by atoms with Gasteiger partial charge in [0.25, 0.3) is 5.91 Å². The summed E-state index contributed by atoms with van der Waals surface area (Å²) in [4.78, 5) is 24.4. The minimum atomic E-state index is -0.904. The van der Waals surface area contributed by atoms with Gasteiger partial charge in [-0.05, 0) is 37.1 Å². The summed E-state index contributed by atoms with van der Waals surface area (Å²) >= 11 is 0. The fourth-order valence-electron chi connectivity index (χ4n) is 1.77. The fraction of sp³-hybridized carbons (Fsp3) is 0.500. The second-order valence-corrected chi connectivity index (χ2v) is 5.26. The number of hydrogen-bond acceptors (Lipinski definition) is 3. The number of carbonyl (C=O) groups is 2. The Bertz CT molecular complexity index is 468. The van der Waals surface area contributed by atoms with Gasteiger partial charge in [0.05, 0.1) is 13.0 Å². The van der Waals surface area contributed by atoms with E-state index in [1.54, 1.807) is 24.3 Å². The van der Waals surface area contributed by atoms with Gasteiger partial charge in [-0.25, -0.2) is 0 Å². The van der Waals surface area contributed by atoms with Gasteiger partial charge in [-0.1, -0.05) is 13.8 Å². The van der Waals surface area contributed by atoms with Crippen LogP contribution in [0.1, 0.15) is 37.6 Å². The van der Waals surface area contributed by atoms with E-state index in [1.165, 1.54) is 4.90 Å². The van der Waals surface area contributed by atoms with E-state index in [0.717, 1.165) is 5.75 Å². The number of rotatable bonds is 8. The Balaban J connectivity index is 2.66. The summed E-state index contributed by atoms with van der Waals surface area (Å²) in [5, 5.41) is 8.70. The summed E-state index contributed by atoms with van der Waals surface area (Å²) in [5.74, 6) is 0.111. The third kappa shape index (κ3) is 5.85. The average molecular weight is 293 g/mol. The van der Waals surface area contributed by atoms with Crippen molar-refractivity contribution in [2.45, 2.75) is 27.2 Å². The number of nitrogens with zero attached hydrogens (tertiary/aromatic N) is 1. The second-order valence-electron chi connectivity index (χ2n) is 5.26. The van der Waals surface area contributed by atoms with Gasteiger partial charge in [-0.2, -0.15) is 0 Å². The molecule has 0 unspecified atom stereocenters. The molecule has 0 aromatic heterocycles. The van der Waals surface area contributed by atoms with Gasteiger partial charge in [0, 0.05) is 18.7 Å². The Hall–Kier alpha value is -2.04. The molecule has 0 bridgehead atoms. The highest BCUT2D eigenvalue weighted by molar-refractivity contribution is 5.94. The van der Waals surface area contributed by atoms with Crippen molar-refractivity contribution in [2.75, 3.05) is 19.7 Å². The molecular formula is C16H23NO4. The molecule has 5 heteroatoms. The van der Waals surface area contributed by atoms with Crippen molar-refractivity contribution in [3.8, 4) is 5.75 Å². The lowest BCUT2D eigenvalue weighted by Crippen LogP contribution is -2.32. The van der Waals surface area contributed by atoms with E-state index in [1.807, 2.05) is 6.92 Å². The van der Waals surface area contributed by atoms with Crippen molar-refractivity contribution in [3.63, 3.8) is 0 Å². The SMILES string of the molecule is CCN(CCC(=O)O)C(=O)c1ccc(OCC(C)C)cc1. The molecule has 0 aliphatic rings. The largest absolute Gasteiger partial charge is 0.493 e. The maximum atomic E-state index is 12.3. The molecule has 5 nitrogen and oxygen atoms in total. The lowest BCUT2D eigenvalue weighted by atomic mass is 10.2. The van der Waals surface area contributed by atoms with E-state index in [-0.39, 0.29) is 18.9 Å². The molecule has 1 N–H and O–H groups in total. The monoisotopic (exact) mass is 293 g/mol. The van der Waals surface area contributed by atoms with Crippen molar-refractivity contribution < 1.29 is 19.4 Å². The van der Waals surface area contributed by atoms with Crippen LogP contribution in [0.3, 0.4) is 0 Å². The fourth-order valence-corrected chi connectivity index (χ4v) is 1.77. The van der Waals surface area contributed by atoms with Crippen LogP contribution in [0.4, 0.5) is 0 Å². The highest BCUT2D eigenvalue weighted by Gasteiger charge is 2.15. The Morgan fingerprint density at radius 3 is 2.33 bits per heavy atom. The van der Waals surface area contributed by atoms with Gasteiger partial charge in [-0.15, -0.1) is 0 Å². The van der Waals surface area contributed by atoms with Crippen molar-refractivity contribution >= 4 is 11.9 Å². The molecule has 0 saturated heterocycles. The molecule has 1 aromatic carbocycles. The van der Waals surface area contributed by atoms with Crippen LogP contribution in [-0.2, 0) is 4.79 Å². The molecule has 0 fully saturated rings. The van der Waals surface area contributed by atoms with E-state index in [2.05, 4.69) is 13.8 Å². The second kappa shape index (κ2) is 8.29. The summed E-state index contributed by atoms with van der Waals surface area (Å²) in [5.41, 5.74) is 0.541. The molecule has 0 radical (unpaired) electrons. The number of ether oxygens (including phenoxy) is 1. The van der Waals surface area contributed by atoms with Crippen LogP contribution in [0, 0.1) is 5.92 Å². The number of benzene rings is 1. The summed E-state index contributed by atoms with van der Waals surface area (Å²) in [6.45, 7) is 7.31. The molecule has 1 rings (SSSR count). The Morgan fingerprint density at radius 2 is 1.86 bits per heavy atom.